The number of alkyl halides is 3. The molecule has 0 unspecified atom stereocenters. The van der Waals surface area contributed by atoms with Crippen molar-refractivity contribution in [3.8, 4) is 0 Å². The molecule has 0 fully saturated rings. The van der Waals surface area contributed by atoms with Gasteiger partial charge in [0.1, 0.15) is 5.69 Å². The number of aryl methyl sites for hydroxylation is 1. The van der Waals surface area contributed by atoms with E-state index in [9.17, 15) is 18.0 Å². The van der Waals surface area contributed by atoms with Crippen molar-refractivity contribution in [2.24, 2.45) is 0 Å². The maximum atomic E-state index is 13.2. The summed E-state index contributed by atoms with van der Waals surface area (Å²) >= 11 is 3.15. The Morgan fingerprint density at radius 1 is 1.33 bits per heavy atom. The third-order valence-electron chi connectivity index (χ3n) is 3.48. The molecule has 0 saturated heterocycles. The largest absolute Gasteiger partial charge is 0.433 e. The molecule has 2 rings (SSSR count). The van der Waals surface area contributed by atoms with E-state index in [0.717, 1.165) is 31.7 Å². The van der Waals surface area contributed by atoms with Gasteiger partial charge in [-0.2, -0.15) is 18.3 Å². The molecule has 24 heavy (non-hydrogen) atoms. The molecule has 1 amide bonds. The van der Waals surface area contributed by atoms with Gasteiger partial charge in [0.15, 0.2) is 11.3 Å². The van der Waals surface area contributed by atoms with Crippen LogP contribution in [-0.4, -0.2) is 27.0 Å². The van der Waals surface area contributed by atoms with Crippen LogP contribution in [-0.2, 0) is 6.18 Å². The van der Waals surface area contributed by atoms with Gasteiger partial charge in [0.25, 0.3) is 5.91 Å². The summed E-state index contributed by atoms with van der Waals surface area (Å²) in [6.07, 6.45) is -0.633. The second-order valence-corrected chi connectivity index (χ2v) is 6.29. The van der Waals surface area contributed by atoms with Crippen LogP contribution >= 0.6 is 15.9 Å². The standard InChI is InChI=1S/C15H18BrF3N4O/c1-3-4-5-6-7-20-14(24)12-11(16)13-21-9(2)8-10(15(17,18)19)23(13)22-12/h8H,3-7H2,1-2H3,(H,20,24). The van der Waals surface area contributed by atoms with Gasteiger partial charge in [-0.05, 0) is 35.3 Å². The van der Waals surface area contributed by atoms with Crippen molar-refractivity contribution < 1.29 is 18.0 Å². The van der Waals surface area contributed by atoms with Crippen LogP contribution in [0.4, 0.5) is 13.2 Å². The van der Waals surface area contributed by atoms with E-state index in [4.69, 9.17) is 0 Å². The second kappa shape index (κ2) is 7.50. The molecule has 2 aromatic heterocycles. The first-order valence-electron chi connectivity index (χ1n) is 7.67. The molecule has 0 aliphatic rings. The van der Waals surface area contributed by atoms with Crippen LogP contribution in [0, 0.1) is 6.92 Å². The van der Waals surface area contributed by atoms with Crippen molar-refractivity contribution in [2.45, 2.75) is 45.7 Å². The van der Waals surface area contributed by atoms with E-state index in [1.54, 1.807) is 0 Å². The molecular formula is C15H18BrF3N4O. The van der Waals surface area contributed by atoms with Gasteiger partial charge in [0.05, 0.1) is 4.47 Å². The van der Waals surface area contributed by atoms with E-state index in [1.807, 2.05) is 0 Å². The Morgan fingerprint density at radius 3 is 2.67 bits per heavy atom. The van der Waals surface area contributed by atoms with Crippen LogP contribution in [0.2, 0.25) is 0 Å². The molecule has 0 aliphatic carbocycles. The molecule has 0 radical (unpaired) electrons. The average Bonchev–Trinajstić information content (AvgIpc) is 2.82. The average molecular weight is 407 g/mol. The zero-order valence-electron chi connectivity index (χ0n) is 13.4. The highest BCUT2D eigenvalue weighted by Crippen LogP contribution is 2.32. The Hall–Kier alpha value is -1.64. The minimum Gasteiger partial charge on any atom is -0.351 e. The normalized spacial score (nSPS) is 11.9. The lowest BCUT2D eigenvalue weighted by molar-refractivity contribution is -0.142. The Kier molecular flexibility index (Phi) is 5.84. The molecule has 0 saturated carbocycles. The number of unbranched alkanes of at least 4 members (excludes halogenated alkanes) is 3. The van der Waals surface area contributed by atoms with Crippen molar-refractivity contribution in [3.63, 3.8) is 0 Å². The lowest BCUT2D eigenvalue weighted by atomic mass is 10.2. The molecule has 0 atom stereocenters. The van der Waals surface area contributed by atoms with Crippen molar-refractivity contribution in [1.29, 1.82) is 0 Å². The monoisotopic (exact) mass is 406 g/mol. The van der Waals surface area contributed by atoms with Crippen molar-refractivity contribution in [2.75, 3.05) is 6.54 Å². The molecule has 0 spiro atoms. The Morgan fingerprint density at radius 2 is 2.04 bits per heavy atom. The number of nitrogens with one attached hydrogen (secondary N) is 1. The maximum Gasteiger partial charge on any atom is 0.433 e. The second-order valence-electron chi connectivity index (χ2n) is 5.50. The zero-order valence-corrected chi connectivity index (χ0v) is 15.0. The quantitative estimate of drug-likeness (QED) is 0.733. The molecule has 9 heteroatoms. The lowest BCUT2D eigenvalue weighted by Gasteiger charge is -2.09. The summed E-state index contributed by atoms with van der Waals surface area (Å²) in [5, 5.41) is 6.49. The van der Waals surface area contributed by atoms with Crippen LogP contribution in [0.15, 0.2) is 10.5 Å². The summed E-state index contributed by atoms with van der Waals surface area (Å²) in [4.78, 5) is 16.2. The number of fused-ring (bicyclic) bond motifs is 1. The van der Waals surface area contributed by atoms with Gasteiger partial charge in [-0.15, -0.1) is 0 Å². The van der Waals surface area contributed by atoms with E-state index in [-0.39, 0.29) is 21.5 Å². The van der Waals surface area contributed by atoms with Gasteiger partial charge in [0.2, 0.25) is 0 Å². The number of nitrogens with zero attached hydrogens (tertiary/aromatic N) is 3. The third-order valence-corrected chi connectivity index (χ3v) is 4.21. The van der Waals surface area contributed by atoms with Crippen LogP contribution in [0.25, 0.3) is 5.65 Å². The van der Waals surface area contributed by atoms with E-state index >= 15 is 0 Å². The highest BCUT2D eigenvalue weighted by molar-refractivity contribution is 9.10. The Labute approximate surface area is 145 Å². The first-order valence-corrected chi connectivity index (χ1v) is 8.46. The summed E-state index contributed by atoms with van der Waals surface area (Å²) in [5.41, 5.74) is -0.901. The number of aromatic nitrogens is 3. The van der Waals surface area contributed by atoms with Gasteiger partial charge in [-0.3, -0.25) is 4.79 Å². The molecule has 0 bridgehead atoms. The molecule has 132 valence electrons. The number of carbonyl (C=O) groups excluding carboxylic acids is 1. The minimum absolute atomic E-state index is 0.0292. The van der Waals surface area contributed by atoms with Crippen molar-refractivity contribution in [1.82, 2.24) is 19.9 Å². The fourth-order valence-corrected chi connectivity index (χ4v) is 2.81. The van der Waals surface area contributed by atoms with E-state index in [2.05, 4.69) is 38.3 Å². The first kappa shape index (κ1) is 18.7. The fourth-order valence-electron chi connectivity index (χ4n) is 2.30. The number of halogens is 4. The van der Waals surface area contributed by atoms with Gasteiger partial charge in [-0.1, -0.05) is 26.2 Å². The number of hydrogen-bond acceptors (Lipinski definition) is 3. The lowest BCUT2D eigenvalue weighted by Crippen LogP contribution is -2.25. The molecule has 2 heterocycles. The summed E-state index contributed by atoms with van der Waals surface area (Å²) in [6, 6.07) is 0.902. The van der Waals surface area contributed by atoms with E-state index in [1.165, 1.54) is 6.92 Å². The summed E-state index contributed by atoms with van der Waals surface area (Å²) < 4.78 is 40.3. The molecule has 2 aromatic rings. The number of carbonyl (C=O) groups is 1. The van der Waals surface area contributed by atoms with Crippen molar-refractivity contribution in [3.05, 3.63) is 27.6 Å². The number of rotatable bonds is 6. The molecular weight excluding hydrogens is 389 g/mol. The SMILES string of the molecule is CCCCCCNC(=O)c1nn2c(C(F)(F)F)cc(C)nc2c1Br. The van der Waals surface area contributed by atoms with Crippen LogP contribution < -0.4 is 5.32 Å². The van der Waals surface area contributed by atoms with Crippen LogP contribution in [0.1, 0.15) is 54.5 Å². The van der Waals surface area contributed by atoms with Gasteiger partial charge in [-0.25, -0.2) is 9.50 Å². The first-order chi connectivity index (χ1) is 11.3. The smallest absolute Gasteiger partial charge is 0.351 e. The van der Waals surface area contributed by atoms with E-state index < -0.39 is 17.8 Å². The van der Waals surface area contributed by atoms with Crippen LogP contribution in [0.3, 0.4) is 0 Å². The number of amides is 1. The van der Waals surface area contributed by atoms with E-state index in [0.29, 0.717) is 11.1 Å². The molecule has 1 N–H and O–H groups in total. The molecule has 0 aromatic carbocycles. The Bertz CT molecular complexity index is 742. The molecule has 5 nitrogen and oxygen atoms in total. The summed E-state index contributed by atoms with van der Waals surface area (Å²) in [6.45, 7) is 4.00. The highest BCUT2D eigenvalue weighted by atomic mass is 79.9. The summed E-state index contributed by atoms with van der Waals surface area (Å²) in [5.74, 6) is -0.519. The fraction of sp³-hybridized carbons (Fsp3) is 0.533. The topological polar surface area (TPSA) is 59.3 Å². The van der Waals surface area contributed by atoms with Crippen LogP contribution in [0.5, 0.6) is 0 Å². The molecule has 0 aliphatic heterocycles. The number of hydrogen-bond donors (Lipinski definition) is 1. The summed E-state index contributed by atoms with van der Waals surface area (Å²) in [7, 11) is 0. The van der Waals surface area contributed by atoms with Crippen molar-refractivity contribution >= 4 is 27.5 Å². The predicted molar refractivity (Wildman–Crippen MR) is 86.9 cm³/mol. The third kappa shape index (κ3) is 4.06. The highest BCUT2D eigenvalue weighted by Gasteiger charge is 2.36. The van der Waals surface area contributed by atoms with Gasteiger partial charge >= 0.3 is 6.18 Å². The predicted octanol–water partition coefficient (Wildman–Crippen LogP) is 4.13. The maximum absolute atomic E-state index is 13.2. The zero-order chi connectivity index (χ0) is 17.9. The minimum atomic E-state index is -4.59. The Balaban J connectivity index is 2.29. The van der Waals surface area contributed by atoms with Gasteiger partial charge < -0.3 is 5.32 Å². The van der Waals surface area contributed by atoms with Gasteiger partial charge in [0, 0.05) is 12.2 Å².